The molecule has 0 spiro atoms. The Morgan fingerprint density at radius 2 is 2.00 bits per heavy atom. The first-order valence-corrected chi connectivity index (χ1v) is 4.26. The molecule has 1 rings (SSSR count). The summed E-state index contributed by atoms with van der Waals surface area (Å²) >= 11 is 0. The molecule has 0 heterocycles. The first kappa shape index (κ1) is 10.4. The molecule has 0 atom stereocenters. The van der Waals surface area contributed by atoms with E-state index in [0.717, 1.165) is 0 Å². The third-order valence-corrected chi connectivity index (χ3v) is 1.81. The molecule has 0 saturated carbocycles. The lowest BCUT2D eigenvalue weighted by atomic mass is 10.1. The van der Waals surface area contributed by atoms with Gasteiger partial charge in [-0.2, -0.15) is 0 Å². The van der Waals surface area contributed by atoms with Gasteiger partial charge in [0.2, 0.25) is 0 Å². The molecule has 0 radical (unpaired) electrons. The van der Waals surface area contributed by atoms with E-state index in [9.17, 15) is 15.0 Å². The van der Waals surface area contributed by atoms with Crippen molar-refractivity contribution in [1.82, 2.24) is 0 Å². The molecule has 0 aliphatic heterocycles. The van der Waals surface area contributed by atoms with Crippen LogP contribution in [0.25, 0.3) is 0 Å². The number of hydrogen-bond donors (Lipinski definition) is 2. The number of phenols is 2. The lowest BCUT2D eigenvalue weighted by molar-refractivity contribution is 0.0522. The summed E-state index contributed by atoms with van der Waals surface area (Å²) in [7, 11) is 0. The Kier molecular flexibility index (Phi) is 2.96. The zero-order valence-corrected chi connectivity index (χ0v) is 8.07. The van der Waals surface area contributed by atoms with Gasteiger partial charge in [0.25, 0.3) is 0 Å². The van der Waals surface area contributed by atoms with Crippen molar-refractivity contribution in [3.63, 3.8) is 0 Å². The van der Waals surface area contributed by atoms with E-state index in [-0.39, 0.29) is 23.7 Å². The highest BCUT2D eigenvalue weighted by molar-refractivity contribution is 5.93. The van der Waals surface area contributed by atoms with Crippen molar-refractivity contribution < 1.29 is 19.7 Å². The number of carbonyl (C=O) groups is 1. The molecule has 1 aromatic rings. The van der Waals surface area contributed by atoms with Gasteiger partial charge in [-0.25, -0.2) is 4.79 Å². The van der Waals surface area contributed by atoms with Gasteiger partial charge in [-0.1, -0.05) is 0 Å². The summed E-state index contributed by atoms with van der Waals surface area (Å²) in [5, 5.41) is 18.7. The van der Waals surface area contributed by atoms with Gasteiger partial charge in [-0.15, -0.1) is 0 Å². The second-order valence-corrected chi connectivity index (χ2v) is 2.88. The van der Waals surface area contributed by atoms with Crippen molar-refractivity contribution in [1.29, 1.82) is 0 Å². The van der Waals surface area contributed by atoms with E-state index in [2.05, 4.69) is 0 Å². The zero-order chi connectivity index (χ0) is 10.7. The minimum atomic E-state index is -0.639. The van der Waals surface area contributed by atoms with Crippen LogP contribution in [0, 0.1) is 6.92 Å². The molecule has 0 saturated heterocycles. The van der Waals surface area contributed by atoms with Crippen molar-refractivity contribution in [2.24, 2.45) is 0 Å². The Bertz CT molecular complexity index is 357. The van der Waals surface area contributed by atoms with Gasteiger partial charge >= 0.3 is 5.97 Å². The van der Waals surface area contributed by atoms with Gasteiger partial charge in [0.1, 0.15) is 17.1 Å². The predicted molar refractivity (Wildman–Crippen MR) is 50.5 cm³/mol. The number of rotatable bonds is 2. The van der Waals surface area contributed by atoms with Gasteiger partial charge in [0.05, 0.1) is 6.61 Å². The van der Waals surface area contributed by atoms with Crippen LogP contribution in [0.15, 0.2) is 12.1 Å². The Hall–Kier alpha value is -1.71. The van der Waals surface area contributed by atoms with Gasteiger partial charge in [0.15, 0.2) is 0 Å². The number of aryl methyl sites for hydroxylation is 1. The van der Waals surface area contributed by atoms with Crippen molar-refractivity contribution in [2.45, 2.75) is 13.8 Å². The van der Waals surface area contributed by atoms with E-state index in [4.69, 9.17) is 4.74 Å². The van der Waals surface area contributed by atoms with E-state index in [1.807, 2.05) is 0 Å². The minimum absolute atomic E-state index is 0.0186. The van der Waals surface area contributed by atoms with E-state index in [1.165, 1.54) is 12.1 Å². The molecule has 0 aliphatic carbocycles. The fourth-order valence-corrected chi connectivity index (χ4v) is 1.05. The molecule has 14 heavy (non-hydrogen) atoms. The van der Waals surface area contributed by atoms with E-state index in [1.54, 1.807) is 13.8 Å². The predicted octanol–water partition coefficient (Wildman–Crippen LogP) is 1.58. The average molecular weight is 196 g/mol. The molecule has 0 unspecified atom stereocenters. The summed E-state index contributed by atoms with van der Waals surface area (Å²) in [5.41, 5.74) is 0.491. The van der Waals surface area contributed by atoms with Crippen LogP contribution in [0.1, 0.15) is 22.8 Å². The quantitative estimate of drug-likeness (QED) is 0.556. The zero-order valence-electron chi connectivity index (χ0n) is 8.07. The average Bonchev–Trinajstić information content (AvgIpc) is 2.11. The fraction of sp³-hybridized carbons (Fsp3) is 0.300. The lowest BCUT2D eigenvalue weighted by Gasteiger charge is -2.06. The number of carbonyl (C=O) groups excluding carboxylic acids is 1. The molecular weight excluding hydrogens is 184 g/mol. The van der Waals surface area contributed by atoms with Crippen molar-refractivity contribution in [2.75, 3.05) is 6.61 Å². The second kappa shape index (κ2) is 4.00. The summed E-state index contributed by atoms with van der Waals surface area (Å²) in [4.78, 5) is 11.2. The number of ether oxygens (including phenoxy) is 1. The second-order valence-electron chi connectivity index (χ2n) is 2.88. The minimum Gasteiger partial charge on any atom is -0.508 e. The third-order valence-electron chi connectivity index (χ3n) is 1.81. The molecule has 0 fully saturated rings. The van der Waals surface area contributed by atoms with Crippen molar-refractivity contribution >= 4 is 5.97 Å². The van der Waals surface area contributed by atoms with Crippen LogP contribution in [0.5, 0.6) is 11.5 Å². The van der Waals surface area contributed by atoms with Crippen LogP contribution in [0.4, 0.5) is 0 Å². The van der Waals surface area contributed by atoms with Gasteiger partial charge in [-0.05, 0) is 31.5 Å². The molecule has 0 aliphatic rings. The first-order chi connectivity index (χ1) is 6.56. The molecule has 76 valence electrons. The SMILES string of the molecule is CCOC(=O)c1cc(O)c(C)cc1O. The summed E-state index contributed by atoms with van der Waals surface area (Å²) < 4.78 is 4.69. The molecule has 0 bridgehead atoms. The maximum Gasteiger partial charge on any atom is 0.342 e. The van der Waals surface area contributed by atoms with Crippen LogP contribution in [0.3, 0.4) is 0 Å². The molecule has 4 heteroatoms. The summed E-state index contributed by atoms with van der Waals surface area (Å²) in [6.45, 7) is 3.53. The third kappa shape index (κ3) is 1.96. The lowest BCUT2D eigenvalue weighted by Crippen LogP contribution is -2.04. The van der Waals surface area contributed by atoms with Crippen LogP contribution < -0.4 is 0 Å². The summed E-state index contributed by atoms with van der Waals surface area (Å²) in [6.07, 6.45) is 0. The van der Waals surface area contributed by atoms with Crippen LogP contribution in [0.2, 0.25) is 0 Å². The van der Waals surface area contributed by atoms with Crippen LogP contribution in [-0.4, -0.2) is 22.8 Å². The van der Waals surface area contributed by atoms with Crippen LogP contribution in [-0.2, 0) is 4.74 Å². The molecule has 0 amide bonds. The largest absolute Gasteiger partial charge is 0.508 e. The highest BCUT2D eigenvalue weighted by Crippen LogP contribution is 2.26. The highest BCUT2D eigenvalue weighted by atomic mass is 16.5. The van der Waals surface area contributed by atoms with Gasteiger partial charge in [-0.3, -0.25) is 0 Å². The van der Waals surface area contributed by atoms with E-state index < -0.39 is 5.97 Å². The summed E-state index contributed by atoms with van der Waals surface area (Å²) in [5.74, 6) is -0.857. The Labute approximate surface area is 81.8 Å². The molecule has 4 nitrogen and oxygen atoms in total. The maximum absolute atomic E-state index is 11.2. The molecule has 2 N–H and O–H groups in total. The smallest absolute Gasteiger partial charge is 0.342 e. The molecule has 1 aromatic carbocycles. The van der Waals surface area contributed by atoms with Crippen LogP contribution >= 0.6 is 0 Å². The topological polar surface area (TPSA) is 66.8 Å². The monoisotopic (exact) mass is 196 g/mol. The standard InChI is InChI=1S/C10H12O4/c1-3-14-10(13)7-5-8(11)6(2)4-9(7)12/h4-5,11-12H,3H2,1-2H3. The fourth-order valence-electron chi connectivity index (χ4n) is 1.05. The Balaban J connectivity index is 3.09. The Morgan fingerprint density at radius 1 is 1.36 bits per heavy atom. The van der Waals surface area contributed by atoms with Crippen molar-refractivity contribution in [3.8, 4) is 11.5 Å². The number of hydrogen-bond acceptors (Lipinski definition) is 4. The number of phenolic OH excluding ortho intramolecular Hbond substituents is 2. The van der Waals surface area contributed by atoms with E-state index in [0.29, 0.717) is 5.56 Å². The van der Waals surface area contributed by atoms with Gasteiger partial charge in [0, 0.05) is 0 Å². The maximum atomic E-state index is 11.2. The molecule has 0 aromatic heterocycles. The van der Waals surface area contributed by atoms with E-state index >= 15 is 0 Å². The molecular formula is C10H12O4. The summed E-state index contributed by atoms with van der Waals surface area (Å²) in [6, 6.07) is 2.52. The first-order valence-electron chi connectivity index (χ1n) is 4.26. The van der Waals surface area contributed by atoms with Crippen molar-refractivity contribution in [3.05, 3.63) is 23.3 Å². The Morgan fingerprint density at radius 3 is 2.57 bits per heavy atom. The highest BCUT2D eigenvalue weighted by Gasteiger charge is 2.14. The number of benzene rings is 1. The number of aromatic hydroxyl groups is 2. The van der Waals surface area contributed by atoms with Gasteiger partial charge < -0.3 is 14.9 Å². The normalized spacial score (nSPS) is 9.86. The number of esters is 1.